The molecular formula is C10H13ClFN. The van der Waals surface area contributed by atoms with Gasteiger partial charge in [0, 0.05) is 25.2 Å². The summed E-state index contributed by atoms with van der Waals surface area (Å²) in [6.45, 7) is 2.93. The summed E-state index contributed by atoms with van der Waals surface area (Å²) in [4.78, 5) is 2.04. The first kappa shape index (κ1) is 10.3. The number of alkyl halides is 1. The summed E-state index contributed by atoms with van der Waals surface area (Å²) in [7, 11) is 1.96. The van der Waals surface area contributed by atoms with E-state index in [1.54, 1.807) is 6.07 Å². The van der Waals surface area contributed by atoms with Crippen LogP contribution in [0.4, 0.5) is 10.1 Å². The SMILES string of the molecule is CCN(C)c1ccc(F)cc1CCl. The Kier molecular flexibility index (Phi) is 3.55. The molecule has 1 rings (SSSR count). The van der Waals surface area contributed by atoms with Crippen molar-refractivity contribution in [3.63, 3.8) is 0 Å². The van der Waals surface area contributed by atoms with Gasteiger partial charge in [0.05, 0.1) is 0 Å². The third-order valence-electron chi connectivity index (χ3n) is 2.07. The van der Waals surface area contributed by atoms with Crippen LogP contribution in [0.2, 0.25) is 0 Å². The highest BCUT2D eigenvalue weighted by Gasteiger charge is 2.05. The lowest BCUT2D eigenvalue weighted by Gasteiger charge is -2.19. The highest BCUT2D eigenvalue weighted by atomic mass is 35.5. The number of rotatable bonds is 3. The van der Waals surface area contributed by atoms with Crippen molar-refractivity contribution in [3.05, 3.63) is 29.6 Å². The van der Waals surface area contributed by atoms with E-state index in [-0.39, 0.29) is 5.82 Å². The number of nitrogens with zero attached hydrogens (tertiary/aromatic N) is 1. The molecule has 1 aromatic carbocycles. The lowest BCUT2D eigenvalue weighted by molar-refractivity contribution is 0.626. The fourth-order valence-electron chi connectivity index (χ4n) is 1.20. The van der Waals surface area contributed by atoms with Gasteiger partial charge in [0.15, 0.2) is 0 Å². The molecule has 0 N–H and O–H groups in total. The number of hydrogen-bond acceptors (Lipinski definition) is 1. The zero-order valence-electron chi connectivity index (χ0n) is 7.85. The van der Waals surface area contributed by atoms with Crippen LogP contribution in [0.5, 0.6) is 0 Å². The summed E-state index contributed by atoms with van der Waals surface area (Å²) in [6, 6.07) is 4.70. The van der Waals surface area contributed by atoms with Crippen molar-refractivity contribution in [2.45, 2.75) is 12.8 Å². The fourth-order valence-corrected chi connectivity index (χ4v) is 1.42. The molecule has 13 heavy (non-hydrogen) atoms. The molecule has 0 saturated heterocycles. The van der Waals surface area contributed by atoms with E-state index in [1.165, 1.54) is 12.1 Å². The molecule has 0 radical (unpaired) electrons. The minimum atomic E-state index is -0.232. The molecule has 0 aromatic heterocycles. The second-order valence-corrected chi connectivity index (χ2v) is 3.19. The highest BCUT2D eigenvalue weighted by Crippen LogP contribution is 2.21. The monoisotopic (exact) mass is 201 g/mol. The summed E-state index contributed by atoms with van der Waals surface area (Å²) in [5.74, 6) is 0.112. The molecule has 0 aliphatic rings. The third-order valence-corrected chi connectivity index (χ3v) is 2.36. The van der Waals surface area contributed by atoms with E-state index in [4.69, 9.17) is 11.6 Å². The van der Waals surface area contributed by atoms with Gasteiger partial charge in [0.2, 0.25) is 0 Å². The molecule has 0 saturated carbocycles. The molecular weight excluding hydrogens is 189 g/mol. The van der Waals surface area contributed by atoms with Gasteiger partial charge in [-0.1, -0.05) is 0 Å². The van der Waals surface area contributed by atoms with Crippen molar-refractivity contribution >= 4 is 17.3 Å². The van der Waals surface area contributed by atoms with Crippen LogP contribution in [0.25, 0.3) is 0 Å². The normalized spacial score (nSPS) is 10.2. The third kappa shape index (κ3) is 2.34. The first-order chi connectivity index (χ1) is 6.19. The van der Waals surface area contributed by atoms with Crippen molar-refractivity contribution in [2.24, 2.45) is 0 Å². The molecule has 72 valence electrons. The van der Waals surface area contributed by atoms with E-state index in [2.05, 4.69) is 0 Å². The van der Waals surface area contributed by atoms with Gasteiger partial charge in [-0.3, -0.25) is 0 Å². The molecule has 0 fully saturated rings. The summed E-state index contributed by atoms with van der Waals surface area (Å²) < 4.78 is 12.8. The molecule has 0 amide bonds. The van der Waals surface area contributed by atoms with Crippen molar-refractivity contribution in [1.29, 1.82) is 0 Å². The Labute approximate surface area is 83.1 Å². The predicted octanol–water partition coefficient (Wildman–Crippen LogP) is 3.02. The second-order valence-electron chi connectivity index (χ2n) is 2.92. The maximum absolute atomic E-state index is 12.8. The largest absolute Gasteiger partial charge is 0.375 e. The van der Waals surface area contributed by atoms with Crippen LogP contribution in [-0.2, 0) is 5.88 Å². The minimum Gasteiger partial charge on any atom is -0.375 e. The predicted molar refractivity (Wildman–Crippen MR) is 54.9 cm³/mol. The molecule has 0 heterocycles. The van der Waals surface area contributed by atoms with Crippen molar-refractivity contribution in [2.75, 3.05) is 18.5 Å². The van der Waals surface area contributed by atoms with Gasteiger partial charge in [-0.2, -0.15) is 0 Å². The lowest BCUT2D eigenvalue weighted by atomic mass is 10.2. The summed E-state index contributed by atoms with van der Waals surface area (Å²) in [6.07, 6.45) is 0. The smallest absolute Gasteiger partial charge is 0.123 e. The van der Waals surface area contributed by atoms with Crippen LogP contribution in [0, 0.1) is 5.82 Å². The van der Waals surface area contributed by atoms with E-state index in [0.717, 1.165) is 17.8 Å². The van der Waals surface area contributed by atoms with Crippen LogP contribution >= 0.6 is 11.6 Å². The molecule has 1 aromatic rings. The summed E-state index contributed by atoms with van der Waals surface area (Å²) in [5.41, 5.74) is 1.84. The Morgan fingerprint density at radius 1 is 1.46 bits per heavy atom. The number of halogens is 2. The highest BCUT2D eigenvalue weighted by molar-refractivity contribution is 6.17. The minimum absolute atomic E-state index is 0.232. The van der Waals surface area contributed by atoms with Crippen molar-refractivity contribution < 1.29 is 4.39 Å². The quantitative estimate of drug-likeness (QED) is 0.680. The van der Waals surface area contributed by atoms with Crippen LogP contribution in [0.3, 0.4) is 0 Å². The Hall–Kier alpha value is -0.760. The van der Waals surface area contributed by atoms with E-state index in [1.807, 2.05) is 18.9 Å². The van der Waals surface area contributed by atoms with Gasteiger partial charge in [0.25, 0.3) is 0 Å². The number of anilines is 1. The summed E-state index contributed by atoms with van der Waals surface area (Å²) >= 11 is 5.71. The Bertz CT molecular complexity index is 288. The standard InChI is InChI=1S/C10H13ClFN/c1-3-13(2)10-5-4-9(12)6-8(10)7-11/h4-6H,3,7H2,1-2H3. The van der Waals surface area contributed by atoms with E-state index < -0.39 is 0 Å². The molecule has 0 spiro atoms. The van der Waals surface area contributed by atoms with Crippen molar-refractivity contribution in [1.82, 2.24) is 0 Å². The van der Waals surface area contributed by atoms with E-state index in [0.29, 0.717) is 5.88 Å². The van der Waals surface area contributed by atoms with Crippen LogP contribution < -0.4 is 4.90 Å². The molecule has 0 aliphatic carbocycles. The van der Waals surface area contributed by atoms with E-state index >= 15 is 0 Å². The van der Waals surface area contributed by atoms with Gasteiger partial charge < -0.3 is 4.90 Å². The van der Waals surface area contributed by atoms with Crippen LogP contribution in [0.1, 0.15) is 12.5 Å². The van der Waals surface area contributed by atoms with Gasteiger partial charge >= 0.3 is 0 Å². The maximum atomic E-state index is 12.8. The zero-order chi connectivity index (χ0) is 9.84. The molecule has 0 unspecified atom stereocenters. The molecule has 1 nitrogen and oxygen atoms in total. The van der Waals surface area contributed by atoms with Gasteiger partial charge in [-0.25, -0.2) is 4.39 Å². The average Bonchev–Trinajstić information content (AvgIpc) is 2.16. The first-order valence-corrected chi connectivity index (χ1v) is 4.78. The van der Waals surface area contributed by atoms with Crippen molar-refractivity contribution in [3.8, 4) is 0 Å². The average molecular weight is 202 g/mol. The Balaban J connectivity index is 3.05. The molecule has 0 atom stereocenters. The fraction of sp³-hybridized carbons (Fsp3) is 0.400. The van der Waals surface area contributed by atoms with Crippen LogP contribution in [-0.4, -0.2) is 13.6 Å². The van der Waals surface area contributed by atoms with Gasteiger partial charge in [0.1, 0.15) is 5.82 Å². The zero-order valence-corrected chi connectivity index (χ0v) is 8.61. The van der Waals surface area contributed by atoms with Gasteiger partial charge in [-0.15, -0.1) is 11.6 Å². The Morgan fingerprint density at radius 3 is 2.69 bits per heavy atom. The topological polar surface area (TPSA) is 3.24 Å². The van der Waals surface area contributed by atoms with E-state index in [9.17, 15) is 4.39 Å². The lowest BCUT2D eigenvalue weighted by Crippen LogP contribution is -2.17. The maximum Gasteiger partial charge on any atom is 0.123 e. The number of benzene rings is 1. The summed E-state index contributed by atoms with van der Waals surface area (Å²) in [5, 5.41) is 0. The molecule has 3 heteroatoms. The van der Waals surface area contributed by atoms with Gasteiger partial charge in [-0.05, 0) is 30.7 Å². The molecule has 0 bridgehead atoms. The second kappa shape index (κ2) is 4.47. The van der Waals surface area contributed by atoms with Crippen LogP contribution in [0.15, 0.2) is 18.2 Å². The first-order valence-electron chi connectivity index (χ1n) is 4.24. The Morgan fingerprint density at radius 2 is 2.15 bits per heavy atom. The number of hydrogen-bond donors (Lipinski definition) is 0. The molecule has 0 aliphatic heterocycles.